The van der Waals surface area contributed by atoms with Crippen molar-refractivity contribution in [2.45, 2.75) is 19.3 Å². The zero-order chi connectivity index (χ0) is 8.97. The Balaban J connectivity index is 2.73. The number of hydrogen-bond acceptors (Lipinski definition) is 1. The summed E-state index contributed by atoms with van der Waals surface area (Å²) in [7, 11) is 0. The Bertz CT molecular complexity index is 247. The van der Waals surface area contributed by atoms with Crippen LogP contribution in [0.1, 0.15) is 24.8 Å². The Morgan fingerprint density at radius 3 is 2.83 bits per heavy atom. The fourth-order valence-electron chi connectivity index (χ4n) is 1.23. The molecule has 2 heteroatoms. The first-order valence-electron chi connectivity index (χ1n) is 4.19. The third kappa shape index (κ3) is 2.50. The maximum absolute atomic E-state index is 5.86. The van der Waals surface area contributed by atoms with Crippen LogP contribution in [-0.4, -0.2) is 6.54 Å². The van der Waals surface area contributed by atoms with Crippen LogP contribution in [0.3, 0.4) is 0 Å². The van der Waals surface area contributed by atoms with E-state index < -0.39 is 0 Å². The van der Waals surface area contributed by atoms with E-state index in [0.717, 1.165) is 18.0 Å². The van der Waals surface area contributed by atoms with Crippen molar-refractivity contribution in [3.63, 3.8) is 0 Å². The van der Waals surface area contributed by atoms with Gasteiger partial charge in [-0.2, -0.15) is 0 Å². The Morgan fingerprint density at radius 1 is 1.50 bits per heavy atom. The van der Waals surface area contributed by atoms with Gasteiger partial charge in [0.05, 0.1) is 0 Å². The molecule has 0 heterocycles. The minimum Gasteiger partial charge on any atom is -0.330 e. The molecule has 1 nitrogen and oxygen atoms in total. The van der Waals surface area contributed by atoms with Crippen LogP contribution in [0.15, 0.2) is 24.3 Å². The zero-order valence-electron chi connectivity index (χ0n) is 7.26. The quantitative estimate of drug-likeness (QED) is 0.767. The number of rotatable bonds is 3. The summed E-state index contributed by atoms with van der Waals surface area (Å²) in [5.41, 5.74) is 6.74. The van der Waals surface area contributed by atoms with Gasteiger partial charge in [0, 0.05) is 5.02 Å². The maximum Gasteiger partial charge on any atom is 0.0408 e. The molecule has 1 aromatic rings. The topological polar surface area (TPSA) is 26.0 Å². The number of hydrogen-bond donors (Lipinski definition) is 1. The molecular formula is C10H14ClN. The van der Waals surface area contributed by atoms with E-state index >= 15 is 0 Å². The van der Waals surface area contributed by atoms with E-state index in [9.17, 15) is 0 Å². The van der Waals surface area contributed by atoms with Gasteiger partial charge in [0.25, 0.3) is 0 Å². The van der Waals surface area contributed by atoms with Gasteiger partial charge in [0.1, 0.15) is 0 Å². The highest BCUT2D eigenvalue weighted by molar-refractivity contribution is 6.30. The highest BCUT2D eigenvalue weighted by Crippen LogP contribution is 2.21. The number of benzene rings is 1. The normalized spacial score (nSPS) is 12.9. The molecule has 1 rings (SSSR count). The predicted molar refractivity (Wildman–Crippen MR) is 53.5 cm³/mol. The second-order valence-corrected chi connectivity index (χ2v) is 3.47. The van der Waals surface area contributed by atoms with E-state index in [-0.39, 0.29) is 0 Å². The third-order valence-electron chi connectivity index (χ3n) is 2.02. The maximum atomic E-state index is 5.86. The van der Waals surface area contributed by atoms with Crippen molar-refractivity contribution in [2.75, 3.05) is 6.54 Å². The van der Waals surface area contributed by atoms with Gasteiger partial charge in [-0.3, -0.25) is 0 Å². The van der Waals surface area contributed by atoms with Gasteiger partial charge in [-0.25, -0.2) is 0 Å². The lowest BCUT2D eigenvalue weighted by molar-refractivity contribution is 0.690. The molecule has 0 aliphatic carbocycles. The molecule has 1 aromatic carbocycles. The van der Waals surface area contributed by atoms with Gasteiger partial charge >= 0.3 is 0 Å². The van der Waals surface area contributed by atoms with Crippen LogP contribution in [0, 0.1) is 0 Å². The van der Waals surface area contributed by atoms with Crippen molar-refractivity contribution in [2.24, 2.45) is 5.73 Å². The minimum absolute atomic E-state index is 0.508. The molecule has 0 spiro atoms. The summed E-state index contributed by atoms with van der Waals surface area (Å²) in [6.45, 7) is 2.90. The molecule has 0 saturated heterocycles. The summed E-state index contributed by atoms with van der Waals surface area (Å²) >= 11 is 5.86. The van der Waals surface area contributed by atoms with Crippen molar-refractivity contribution >= 4 is 11.6 Å². The van der Waals surface area contributed by atoms with Gasteiger partial charge in [0.15, 0.2) is 0 Å². The SMILES string of the molecule is CC(CCN)c1cccc(Cl)c1. The molecule has 2 N–H and O–H groups in total. The molecule has 0 amide bonds. The van der Waals surface area contributed by atoms with Gasteiger partial charge in [-0.1, -0.05) is 30.7 Å². The van der Waals surface area contributed by atoms with Crippen molar-refractivity contribution in [3.05, 3.63) is 34.9 Å². The molecule has 66 valence electrons. The van der Waals surface area contributed by atoms with Crippen molar-refractivity contribution in [3.8, 4) is 0 Å². The molecule has 0 radical (unpaired) electrons. The molecule has 12 heavy (non-hydrogen) atoms. The van der Waals surface area contributed by atoms with E-state index in [0.29, 0.717) is 5.92 Å². The Labute approximate surface area is 78.5 Å². The smallest absolute Gasteiger partial charge is 0.0408 e. The summed E-state index contributed by atoms with van der Waals surface area (Å²) in [6.07, 6.45) is 1.01. The van der Waals surface area contributed by atoms with Crippen molar-refractivity contribution in [1.29, 1.82) is 0 Å². The average molecular weight is 184 g/mol. The van der Waals surface area contributed by atoms with E-state index in [1.165, 1.54) is 5.56 Å². The molecule has 0 bridgehead atoms. The third-order valence-corrected chi connectivity index (χ3v) is 2.25. The van der Waals surface area contributed by atoms with E-state index in [1.807, 2.05) is 18.2 Å². The molecule has 1 atom stereocenters. The zero-order valence-corrected chi connectivity index (χ0v) is 8.01. The number of halogens is 1. The van der Waals surface area contributed by atoms with Crippen LogP contribution in [0.5, 0.6) is 0 Å². The lowest BCUT2D eigenvalue weighted by Gasteiger charge is -2.09. The van der Waals surface area contributed by atoms with Crippen LogP contribution in [-0.2, 0) is 0 Å². The fraction of sp³-hybridized carbons (Fsp3) is 0.400. The molecule has 0 aliphatic heterocycles. The van der Waals surface area contributed by atoms with Crippen LogP contribution >= 0.6 is 11.6 Å². The second kappa shape index (κ2) is 4.48. The van der Waals surface area contributed by atoms with Gasteiger partial charge < -0.3 is 5.73 Å². The van der Waals surface area contributed by atoms with Gasteiger partial charge in [-0.05, 0) is 36.6 Å². The molecule has 0 aromatic heterocycles. The standard InChI is InChI=1S/C10H14ClN/c1-8(5-6-12)9-3-2-4-10(11)7-9/h2-4,7-8H,5-6,12H2,1H3. The summed E-state index contributed by atoms with van der Waals surface area (Å²) in [6, 6.07) is 7.96. The lowest BCUT2D eigenvalue weighted by atomic mass is 9.98. The highest BCUT2D eigenvalue weighted by Gasteiger charge is 2.03. The van der Waals surface area contributed by atoms with Gasteiger partial charge in [0.2, 0.25) is 0 Å². The van der Waals surface area contributed by atoms with Crippen LogP contribution < -0.4 is 5.73 Å². The Morgan fingerprint density at radius 2 is 2.25 bits per heavy atom. The van der Waals surface area contributed by atoms with Crippen LogP contribution in [0.4, 0.5) is 0 Å². The first-order chi connectivity index (χ1) is 5.74. The van der Waals surface area contributed by atoms with Crippen LogP contribution in [0.25, 0.3) is 0 Å². The Kier molecular flexibility index (Phi) is 3.57. The van der Waals surface area contributed by atoms with Gasteiger partial charge in [-0.15, -0.1) is 0 Å². The summed E-state index contributed by atoms with van der Waals surface area (Å²) < 4.78 is 0. The largest absolute Gasteiger partial charge is 0.330 e. The summed E-state index contributed by atoms with van der Waals surface area (Å²) in [4.78, 5) is 0. The molecule has 1 unspecified atom stereocenters. The second-order valence-electron chi connectivity index (χ2n) is 3.03. The monoisotopic (exact) mass is 183 g/mol. The molecule has 0 saturated carbocycles. The van der Waals surface area contributed by atoms with Crippen molar-refractivity contribution in [1.82, 2.24) is 0 Å². The minimum atomic E-state index is 0.508. The molecule has 0 aliphatic rings. The Hall–Kier alpha value is -0.530. The summed E-state index contributed by atoms with van der Waals surface area (Å²) in [5.74, 6) is 0.508. The predicted octanol–water partition coefficient (Wildman–Crippen LogP) is 2.79. The van der Waals surface area contributed by atoms with E-state index in [2.05, 4.69) is 13.0 Å². The average Bonchev–Trinajstić information content (AvgIpc) is 2.05. The summed E-state index contributed by atoms with van der Waals surface area (Å²) in [5, 5.41) is 0.802. The fourth-order valence-corrected chi connectivity index (χ4v) is 1.43. The van der Waals surface area contributed by atoms with Crippen molar-refractivity contribution < 1.29 is 0 Å². The highest BCUT2D eigenvalue weighted by atomic mass is 35.5. The lowest BCUT2D eigenvalue weighted by Crippen LogP contribution is -2.04. The molecular weight excluding hydrogens is 170 g/mol. The first-order valence-corrected chi connectivity index (χ1v) is 4.57. The first kappa shape index (κ1) is 9.56. The van der Waals surface area contributed by atoms with E-state index in [1.54, 1.807) is 0 Å². The van der Waals surface area contributed by atoms with Crippen LogP contribution in [0.2, 0.25) is 5.02 Å². The van der Waals surface area contributed by atoms with E-state index in [4.69, 9.17) is 17.3 Å². The number of nitrogens with two attached hydrogens (primary N) is 1. The molecule has 0 fully saturated rings.